The minimum atomic E-state index is -0.856. The number of carbonyl (C=O) groups excluding carboxylic acids is 3. The quantitative estimate of drug-likeness (QED) is 0.766. The second-order valence-electron chi connectivity index (χ2n) is 4.65. The van der Waals surface area contributed by atoms with Crippen molar-refractivity contribution in [2.75, 3.05) is 19.0 Å². The first-order valence-corrected chi connectivity index (χ1v) is 8.08. The number of aromatic nitrogens is 1. The predicted octanol–water partition coefficient (Wildman–Crippen LogP) is 2.45. The SMILES string of the molecule is COC(=O)Cc1csc(NC(=O)COC(=O)c2ccc(F)cc2Cl)n1. The molecule has 2 aromatic rings. The van der Waals surface area contributed by atoms with Gasteiger partial charge in [-0.1, -0.05) is 11.6 Å². The molecule has 1 aromatic carbocycles. The molecule has 0 spiro atoms. The number of anilines is 1. The van der Waals surface area contributed by atoms with Crippen LogP contribution in [0, 0.1) is 5.82 Å². The molecule has 0 saturated carbocycles. The number of methoxy groups -OCH3 is 1. The first-order valence-electron chi connectivity index (χ1n) is 6.82. The molecule has 132 valence electrons. The molecule has 7 nitrogen and oxygen atoms in total. The number of rotatable bonds is 6. The van der Waals surface area contributed by atoms with Crippen LogP contribution in [0.15, 0.2) is 23.6 Å². The Labute approximate surface area is 150 Å². The maximum atomic E-state index is 12.9. The van der Waals surface area contributed by atoms with E-state index in [2.05, 4.69) is 15.0 Å². The number of benzene rings is 1. The Morgan fingerprint density at radius 3 is 2.80 bits per heavy atom. The number of nitrogens with zero attached hydrogens (tertiary/aromatic N) is 1. The van der Waals surface area contributed by atoms with Crippen molar-refractivity contribution in [2.45, 2.75) is 6.42 Å². The van der Waals surface area contributed by atoms with Crippen LogP contribution in [0.2, 0.25) is 5.02 Å². The molecule has 0 radical (unpaired) electrons. The highest BCUT2D eigenvalue weighted by Gasteiger charge is 2.15. The van der Waals surface area contributed by atoms with E-state index in [1.807, 2.05) is 0 Å². The van der Waals surface area contributed by atoms with Crippen LogP contribution < -0.4 is 5.32 Å². The number of carbonyl (C=O) groups is 3. The molecule has 0 atom stereocenters. The van der Waals surface area contributed by atoms with Crippen LogP contribution in [0.1, 0.15) is 16.1 Å². The van der Waals surface area contributed by atoms with Gasteiger partial charge in [-0.2, -0.15) is 0 Å². The monoisotopic (exact) mass is 386 g/mol. The molecule has 1 N–H and O–H groups in total. The highest BCUT2D eigenvalue weighted by Crippen LogP contribution is 2.18. The zero-order chi connectivity index (χ0) is 18.4. The fraction of sp³-hybridized carbons (Fsp3) is 0.200. The molecule has 0 bridgehead atoms. The van der Waals surface area contributed by atoms with Crippen LogP contribution in [0.5, 0.6) is 0 Å². The van der Waals surface area contributed by atoms with E-state index in [0.717, 1.165) is 29.5 Å². The molecule has 0 aliphatic rings. The Bertz CT molecular complexity index is 811. The minimum Gasteiger partial charge on any atom is -0.469 e. The van der Waals surface area contributed by atoms with Gasteiger partial charge in [0, 0.05) is 5.38 Å². The maximum Gasteiger partial charge on any atom is 0.340 e. The maximum absolute atomic E-state index is 12.9. The average Bonchev–Trinajstić information content (AvgIpc) is 2.99. The second-order valence-corrected chi connectivity index (χ2v) is 5.91. The first-order chi connectivity index (χ1) is 11.9. The summed E-state index contributed by atoms with van der Waals surface area (Å²) in [5, 5.41) is 4.16. The molecule has 0 aliphatic heterocycles. The number of nitrogens with one attached hydrogen (secondary N) is 1. The lowest BCUT2D eigenvalue weighted by molar-refractivity contribution is -0.139. The highest BCUT2D eigenvalue weighted by atomic mass is 35.5. The van der Waals surface area contributed by atoms with Gasteiger partial charge in [0.05, 0.1) is 29.8 Å². The van der Waals surface area contributed by atoms with Gasteiger partial charge < -0.3 is 9.47 Å². The smallest absolute Gasteiger partial charge is 0.340 e. The van der Waals surface area contributed by atoms with Gasteiger partial charge in [-0.05, 0) is 18.2 Å². The van der Waals surface area contributed by atoms with Crippen molar-refractivity contribution in [3.63, 3.8) is 0 Å². The number of esters is 2. The normalized spacial score (nSPS) is 10.2. The summed E-state index contributed by atoms with van der Waals surface area (Å²) < 4.78 is 22.3. The van der Waals surface area contributed by atoms with Gasteiger partial charge in [0.2, 0.25) is 0 Å². The van der Waals surface area contributed by atoms with Crippen LogP contribution in [0.25, 0.3) is 0 Å². The number of hydrogen-bond donors (Lipinski definition) is 1. The van der Waals surface area contributed by atoms with Crippen LogP contribution in [-0.2, 0) is 25.5 Å². The molecule has 0 unspecified atom stereocenters. The number of thiazole rings is 1. The number of ether oxygens (including phenoxy) is 2. The third-order valence-electron chi connectivity index (χ3n) is 2.84. The van der Waals surface area contributed by atoms with Crippen molar-refractivity contribution < 1.29 is 28.2 Å². The van der Waals surface area contributed by atoms with Crippen molar-refractivity contribution in [3.8, 4) is 0 Å². The van der Waals surface area contributed by atoms with E-state index in [4.69, 9.17) is 16.3 Å². The van der Waals surface area contributed by atoms with Gasteiger partial charge in [0.1, 0.15) is 5.82 Å². The second kappa shape index (κ2) is 8.54. The topological polar surface area (TPSA) is 94.6 Å². The zero-order valence-electron chi connectivity index (χ0n) is 12.9. The van der Waals surface area contributed by atoms with Crippen molar-refractivity contribution >= 4 is 45.9 Å². The summed E-state index contributed by atoms with van der Waals surface area (Å²) in [6.07, 6.45) is -0.0130. The van der Waals surface area contributed by atoms with E-state index in [0.29, 0.717) is 5.69 Å². The molecule has 0 fully saturated rings. The summed E-state index contributed by atoms with van der Waals surface area (Å²) in [7, 11) is 1.26. The predicted molar refractivity (Wildman–Crippen MR) is 88.2 cm³/mol. The van der Waals surface area contributed by atoms with Crippen molar-refractivity contribution in [3.05, 3.63) is 45.7 Å². The third-order valence-corrected chi connectivity index (χ3v) is 3.96. The molecule has 10 heteroatoms. The standard InChI is InChI=1S/C15H12ClFN2O5S/c1-23-13(21)5-9-7-25-15(18-9)19-12(20)6-24-14(22)10-3-2-8(17)4-11(10)16/h2-4,7H,5-6H2,1H3,(H,18,19,20). The number of halogens is 2. The number of amides is 1. The summed E-state index contributed by atoms with van der Waals surface area (Å²) in [6, 6.07) is 3.19. The fourth-order valence-electron chi connectivity index (χ4n) is 1.68. The van der Waals surface area contributed by atoms with E-state index >= 15 is 0 Å². The van der Waals surface area contributed by atoms with Crippen molar-refractivity contribution in [1.29, 1.82) is 0 Å². The molecular formula is C15H12ClFN2O5S. The van der Waals surface area contributed by atoms with Gasteiger partial charge in [-0.3, -0.25) is 14.9 Å². The molecule has 0 saturated heterocycles. The Hall–Kier alpha value is -2.52. The lowest BCUT2D eigenvalue weighted by Gasteiger charge is -2.06. The van der Waals surface area contributed by atoms with Gasteiger partial charge in [0.15, 0.2) is 11.7 Å². The Balaban J connectivity index is 1.86. The summed E-state index contributed by atoms with van der Waals surface area (Å²) in [5.41, 5.74) is 0.396. The lowest BCUT2D eigenvalue weighted by atomic mass is 10.2. The molecular weight excluding hydrogens is 375 g/mol. The van der Waals surface area contributed by atoms with Gasteiger partial charge in [0.25, 0.3) is 5.91 Å². The van der Waals surface area contributed by atoms with Gasteiger partial charge in [-0.25, -0.2) is 14.2 Å². The summed E-state index contributed by atoms with van der Waals surface area (Å²) >= 11 is 6.85. The van der Waals surface area contributed by atoms with Crippen molar-refractivity contribution in [2.24, 2.45) is 0 Å². The lowest BCUT2D eigenvalue weighted by Crippen LogP contribution is -2.21. The van der Waals surface area contributed by atoms with E-state index < -0.39 is 30.3 Å². The Kier molecular flexibility index (Phi) is 6.43. The summed E-state index contributed by atoms with van der Waals surface area (Å²) in [5.74, 6) is -2.52. The molecule has 2 rings (SSSR count). The summed E-state index contributed by atoms with van der Waals surface area (Å²) in [4.78, 5) is 38.8. The van der Waals surface area contributed by atoms with Crippen LogP contribution in [-0.4, -0.2) is 36.5 Å². The van der Waals surface area contributed by atoms with Crippen LogP contribution in [0.3, 0.4) is 0 Å². The van der Waals surface area contributed by atoms with Crippen LogP contribution in [0.4, 0.5) is 9.52 Å². The third kappa shape index (κ3) is 5.50. The molecule has 0 aliphatic carbocycles. The number of hydrogen-bond acceptors (Lipinski definition) is 7. The average molecular weight is 387 g/mol. The minimum absolute atomic E-state index is 0.0130. The summed E-state index contributed by atoms with van der Waals surface area (Å²) in [6.45, 7) is -0.571. The molecule has 25 heavy (non-hydrogen) atoms. The van der Waals surface area contributed by atoms with E-state index in [1.54, 1.807) is 5.38 Å². The van der Waals surface area contributed by atoms with E-state index in [-0.39, 0.29) is 22.1 Å². The van der Waals surface area contributed by atoms with Crippen molar-refractivity contribution in [1.82, 2.24) is 4.98 Å². The Morgan fingerprint density at radius 2 is 2.12 bits per heavy atom. The van der Waals surface area contributed by atoms with Crippen LogP contribution >= 0.6 is 22.9 Å². The van der Waals surface area contributed by atoms with E-state index in [9.17, 15) is 18.8 Å². The first kappa shape index (κ1) is 18.8. The zero-order valence-corrected chi connectivity index (χ0v) is 14.4. The Morgan fingerprint density at radius 1 is 1.36 bits per heavy atom. The molecule has 1 aromatic heterocycles. The van der Waals surface area contributed by atoms with E-state index in [1.165, 1.54) is 7.11 Å². The fourth-order valence-corrected chi connectivity index (χ4v) is 2.66. The molecule has 1 heterocycles. The van der Waals surface area contributed by atoms with Gasteiger partial charge >= 0.3 is 11.9 Å². The largest absolute Gasteiger partial charge is 0.469 e. The van der Waals surface area contributed by atoms with Gasteiger partial charge in [-0.15, -0.1) is 11.3 Å². The molecule has 1 amide bonds. The highest BCUT2D eigenvalue weighted by molar-refractivity contribution is 7.13.